The maximum atomic E-state index is 12.1. The molecule has 140 valence electrons. The molecule has 7 heteroatoms. The zero-order valence-electron chi connectivity index (χ0n) is 15.1. The summed E-state index contributed by atoms with van der Waals surface area (Å²) in [5, 5.41) is 7.13. The summed E-state index contributed by atoms with van der Waals surface area (Å²) >= 11 is 6.12. The van der Waals surface area contributed by atoms with E-state index in [0.717, 1.165) is 5.56 Å². The van der Waals surface area contributed by atoms with E-state index < -0.39 is 0 Å². The Morgan fingerprint density at radius 2 is 1.93 bits per heavy atom. The van der Waals surface area contributed by atoms with E-state index in [4.69, 9.17) is 20.9 Å². The maximum absolute atomic E-state index is 12.1. The first-order valence-electron chi connectivity index (χ1n) is 8.60. The van der Waals surface area contributed by atoms with Gasteiger partial charge in [-0.3, -0.25) is 4.79 Å². The van der Waals surface area contributed by atoms with Crippen LogP contribution in [0.5, 0.6) is 5.75 Å². The Balaban J connectivity index is 1.54. The summed E-state index contributed by atoms with van der Waals surface area (Å²) < 4.78 is 10.8. The van der Waals surface area contributed by atoms with Gasteiger partial charge in [-0.1, -0.05) is 60.9 Å². The van der Waals surface area contributed by atoms with Gasteiger partial charge in [0, 0.05) is 5.56 Å². The van der Waals surface area contributed by atoms with E-state index in [1.165, 1.54) is 0 Å². The van der Waals surface area contributed by atoms with E-state index in [1.807, 2.05) is 36.4 Å². The molecule has 0 bridgehead atoms. The Morgan fingerprint density at radius 1 is 1.19 bits per heavy atom. The van der Waals surface area contributed by atoms with Crippen molar-refractivity contribution in [1.29, 1.82) is 0 Å². The van der Waals surface area contributed by atoms with Crippen molar-refractivity contribution in [2.75, 3.05) is 6.61 Å². The van der Waals surface area contributed by atoms with Crippen molar-refractivity contribution >= 4 is 17.5 Å². The molecule has 27 heavy (non-hydrogen) atoms. The van der Waals surface area contributed by atoms with Gasteiger partial charge in [-0.2, -0.15) is 4.98 Å². The zero-order chi connectivity index (χ0) is 19.2. The Kier molecular flexibility index (Phi) is 6.08. The molecule has 0 aliphatic carbocycles. The van der Waals surface area contributed by atoms with Gasteiger partial charge in [0.1, 0.15) is 5.75 Å². The molecule has 0 saturated carbocycles. The summed E-state index contributed by atoms with van der Waals surface area (Å²) in [5.74, 6) is 1.42. The minimum absolute atomic E-state index is 0.0881. The van der Waals surface area contributed by atoms with Crippen molar-refractivity contribution in [2.45, 2.75) is 26.3 Å². The molecule has 1 amide bonds. The van der Waals surface area contributed by atoms with E-state index >= 15 is 0 Å². The molecular formula is C20H20ClN3O3. The van der Waals surface area contributed by atoms with Crippen molar-refractivity contribution in [3.63, 3.8) is 0 Å². The first-order valence-corrected chi connectivity index (χ1v) is 8.98. The standard InChI is InChI=1S/C20H20ClN3O3/c1-13(2)14-7-4-6-10-17(14)26-12-18(25)22-11-19-23-20(24-27-19)15-8-3-5-9-16(15)21/h3-10,13H,11-12H2,1-2H3,(H,22,25). The van der Waals surface area contributed by atoms with Crippen molar-refractivity contribution < 1.29 is 14.1 Å². The van der Waals surface area contributed by atoms with Gasteiger partial charge in [0.2, 0.25) is 11.7 Å². The molecule has 1 heterocycles. The first kappa shape index (κ1) is 18.9. The van der Waals surface area contributed by atoms with E-state index in [-0.39, 0.29) is 19.1 Å². The molecule has 0 aliphatic heterocycles. The molecule has 0 atom stereocenters. The fourth-order valence-electron chi connectivity index (χ4n) is 2.54. The number of nitrogens with zero attached hydrogens (tertiary/aromatic N) is 2. The molecule has 3 aromatic rings. The fourth-order valence-corrected chi connectivity index (χ4v) is 2.76. The van der Waals surface area contributed by atoms with E-state index in [9.17, 15) is 4.79 Å². The molecule has 2 aromatic carbocycles. The molecular weight excluding hydrogens is 366 g/mol. The molecule has 0 saturated heterocycles. The van der Waals surface area contributed by atoms with Crippen molar-refractivity contribution in [3.05, 3.63) is 65.0 Å². The van der Waals surface area contributed by atoms with Crippen LogP contribution in [0.15, 0.2) is 53.1 Å². The summed E-state index contributed by atoms with van der Waals surface area (Å²) in [4.78, 5) is 16.3. The molecule has 0 unspecified atom stereocenters. The van der Waals surface area contributed by atoms with Gasteiger partial charge < -0.3 is 14.6 Å². The number of nitrogens with one attached hydrogen (secondary N) is 1. The molecule has 3 rings (SSSR count). The van der Waals surface area contributed by atoms with Crippen molar-refractivity contribution in [3.8, 4) is 17.1 Å². The van der Waals surface area contributed by atoms with Gasteiger partial charge in [-0.25, -0.2) is 0 Å². The molecule has 0 spiro atoms. The fraction of sp³-hybridized carbons (Fsp3) is 0.250. The van der Waals surface area contributed by atoms with Crippen LogP contribution in [0.1, 0.15) is 31.2 Å². The van der Waals surface area contributed by atoms with E-state index in [1.54, 1.807) is 12.1 Å². The summed E-state index contributed by atoms with van der Waals surface area (Å²) in [7, 11) is 0. The molecule has 0 fully saturated rings. The lowest BCUT2D eigenvalue weighted by molar-refractivity contribution is -0.123. The Labute approximate surface area is 162 Å². The number of hydrogen-bond donors (Lipinski definition) is 1. The van der Waals surface area contributed by atoms with Crippen LogP contribution in [0.25, 0.3) is 11.4 Å². The highest BCUT2D eigenvalue weighted by molar-refractivity contribution is 6.33. The maximum Gasteiger partial charge on any atom is 0.258 e. The average molecular weight is 386 g/mol. The van der Waals surface area contributed by atoms with Gasteiger partial charge >= 0.3 is 0 Å². The smallest absolute Gasteiger partial charge is 0.258 e. The summed E-state index contributed by atoms with van der Waals surface area (Å²) in [6.45, 7) is 4.18. The lowest BCUT2D eigenvalue weighted by atomic mass is 10.0. The van der Waals surface area contributed by atoms with Gasteiger partial charge in [0.05, 0.1) is 11.6 Å². The summed E-state index contributed by atoms with van der Waals surface area (Å²) in [6, 6.07) is 14.9. The Bertz CT molecular complexity index is 924. The highest BCUT2D eigenvalue weighted by atomic mass is 35.5. The lowest BCUT2D eigenvalue weighted by Gasteiger charge is -2.13. The Morgan fingerprint density at radius 3 is 2.70 bits per heavy atom. The minimum Gasteiger partial charge on any atom is -0.483 e. The zero-order valence-corrected chi connectivity index (χ0v) is 15.9. The second-order valence-corrected chi connectivity index (χ2v) is 6.66. The second-order valence-electron chi connectivity index (χ2n) is 6.25. The number of aromatic nitrogens is 2. The number of halogens is 1. The predicted molar refractivity (Wildman–Crippen MR) is 103 cm³/mol. The molecule has 1 N–H and O–H groups in total. The predicted octanol–water partition coefficient (Wildman–Crippen LogP) is 4.21. The largest absolute Gasteiger partial charge is 0.483 e. The van der Waals surface area contributed by atoms with Crippen LogP contribution in [0.3, 0.4) is 0 Å². The van der Waals surface area contributed by atoms with Gasteiger partial charge in [0.15, 0.2) is 6.61 Å². The number of benzene rings is 2. The number of ether oxygens (including phenoxy) is 1. The third kappa shape index (κ3) is 4.86. The number of para-hydroxylation sites is 1. The minimum atomic E-state index is -0.272. The number of hydrogen-bond acceptors (Lipinski definition) is 5. The monoisotopic (exact) mass is 385 g/mol. The third-order valence-corrected chi connectivity index (χ3v) is 4.25. The van der Waals surface area contributed by atoms with Gasteiger partial charge in [0.25, 0.3) is 5.91 Å². The average Bonchev–Trinajstić information content (AvgIpc) is 3.14. The van der Waals surface area contributed by atoms with Crippen LogP contribution in [-0.4, -0.2) is 22.7 Å². The number of carbonyl (C=O) groups excluding carboxylic acids is 1. The quantitative estimate of drug-likeness (QED) is 0.659. The molecule has 0 radical (unpaired) electrons. The highest BCUT2D eigenvalue weighted by Gasteiger charge is 2.13. The van der Waals surface area contributed by atoms with Gasteiger partial charge in [-0.05, 0) is 29.7 Å². The SMILES string of the molecule is CC(C)c1ccccc1OCC(=O)NCc1nc(-c2ccccc2Cl)no1. The normalized spacial score (nSPS) is 10.8. The van der Waals surface area contributed by atoms with Crippen LogP contribution in [0, 0.1) is 0 Å². The van der Waals surface area contributed by atoms with E-state index in [0.29, 0.717) is 34.0 Å². The summed E-state index contributed by atoms with van der Waals surface area (Å²) in [5.41, 5.74) is 1.74. The second kappa shape index (κ2) is 8.68. The van der Waals surface area contributed by atoms with Crippen LogP contribution in [0.2, 0.25) is 5.02 Å². The number of rotatable bonds is 7. The van der Waals surface area contributed by atoms with E-state index in [2.05, 4.69) is 29.3 Å². The molecule has 1 aromatic heterocycles. The highest BCUT2D eigenvalue weighted by Crippen LogP contribution is 2.26. The van der Waals surface area contributed by atoms with Crippen molar-refractivity contribution in [2.24, 2.45) is 0 Å². The third-order valence-electron chi connectivity index (χ3n) is 3.92. The topological polar surface area (TPSA) is 77.2 Å². The van der Waals surface area contributed by atoms with Crippen molar-refractivity contribution in [1.82, 2.24) is 15.5 Å². The number of amides is 1. The molecule has 0 aliphatic rings. The van der Waals surface area contributed by atoms with Crippen LogP contribution < -0.4 is 10.1 Å². The molecule has 6 nitrogen and oxygen atoms in total. The van der Waals surface area contributed by atoms with Crippen LogP contribution in [-0.2, 0) is 11.3 Å². The first-order chi connectivity index (χ1) is 13.0. The van der Waals surface area contributed by atoms with Crippen LogP contribution >= 0.6 is 11.6 Å². The lowest BCUT2D eigenvalue weighted by Crippen LogP contribution is -2.28. The number of carbonyl (C=O) groups is 1. The summed E-state index contributed by atoms with van der Waals surface area (Å²) in [6.07, 6.45) is 0. The van der Waals surface area contributed by atoms with Gasteiger partial charge in [-0.15, -0.1) is 0 Å². The Hall–Kier alpha value is -2.86. The van der Waals surface area contributed by atoms with Crippen LogP contribution in [0.4, 0.5) is 0 Å².